The van der Waals surface area contributed by atoms with Gasteiger partial charge in [-0.25, -0.2) is 14.0 Å². The molecule has 1 aromatic carbocycles. The molecule has 3 heterocycles. The molecule has 3 aliphatic heterocycles. The van der Waals surface area contributed by atoms with Gasteiger partial charge in [-0.1, -0.05) is 0 Å². The van der Waals surface area contributed by atoms with E-state index in [0.717, 1.165) is 12.8 Å². The number of cyclic esters (lactones) is 1. The first-order valence-corrected chi connectivity index (χ1v) is 9.03. The van der Waals surface area contributed by atoms with Crippen molar-refractivity contribution in [2.75, 3.05) is 43.1 Å². The van der Waals surface area contributed by atoms with Gasteiger partial charge in [-0.05, 0) is 31.0 Å². The van der Waals surface area contributed by atoms with Crippen LogP contribution in [-0.2, 0) is 14.2 Å². The number of carbonyl (C=O) groups excluding carboxylic acids is 2. The fourth-order valence-corrected chi connectivity index (χ4v) is 3.84. The van der Waals surface area contributed by atoms with Crippen LogP contribution in [0.3, 0.4) is 0 Å². The van der Waals surface area contributed by atoms with E-state index < -0.39 is 18.3 Å². The molecular formula is C18H22FN3O5. The summed E-state index contributed by atoms with van der Waals surface area (Å²) in [6.45, 7) is 1.72. The molecule has 0 aliphatic carbocycles. The number of hydrogen-bond acceptors (Lipinski definition) is 6. The summed E-state index contributed by atoms with van der Waals surface area (Å²) in [5, 5.41) is 2.49. The number of amides is 2. The minimum atomic E-state index is -0.598. The Bertz CT molecular complexity index is 734. The molecule has 1 N–H and O–H groups in total. The second kappa shape index (κ2) is 7.22. The van der Waals surface area contributed by atoms with Crippen LogP contribution in [0.4, 0.5) is 25.4 Å². The van der Waals surface area contributed by atoms with Gasteiger partial charge in [-0.2, -0.15) is 0 Å². The maximum absolute atomic E-state index is 14.8. The number of anilines is 2. The first kappa shape index (κ1) is 17.8. The van der Waals surface area contributed by atoms with E-state index in [1.807, 2.05) is 4.90 Å². The zero-order valence-corrected chi connectivity index (χ0v) is 15.0. The highest BCUT2D eigenvalue weighted by molar-refractivity contribution is 5.90. The Balaban J connectivity index is 1.43. The average molecular weight is 379 g/mol. The van der Waals surface area contributed by atoms with Crippen molar-refractivity contribution in [1.82, 2.24) is 5.32 Å². The van der Waals surface area contributed by atoms with E-state index in [0.29, 0.717) is 24.5 Å². The molecule has 0 aromatic heterocycles. The summed E-state index contributed by atoms with van der Waals surface area (Å²) in [6.07, 6.45) is 0.680. The molecule has 146 valence electrons. The maximum atomic E-state index is 14.8. The van der Waals surface area contributed by atoms with Gasteiger partial charge in [0.2, 0.25) is 0 Å². The number of morpholine rings is 1. The zero-order valence-electron chi connectivity index (χ0n) is 15.0. The highest BCUT2D eigenvalue weighted by atomic mass is 19.1. The number of nitrogens with zero attached hydrogens (tertiary/aromatic N) is 2. The lowest BCUT2D eigenvalue weighted by atomic mass is 10.2. The molecule has 2 unspecified atom stereocenters. The highest BCUT2D eigenvalue weighted by Crippen LogP contribution is 2.33. The van der Waals surface area contributed by atoms with Gasteiger partial charge in [-0.3, -0.25) is 4.90 Å². The fourth-order valence-electron chi connectivity index (χ4n) is 3.84. The van der Waals surface area contributed by atoms with Gasteiger partial charge in [-0.15, -0.1) is 0 Å². The number of fused-ring (bicyclic) bond motifs is 2. The highest BCUT2D eigenvalue weighted by Gasteiger charge is 2.36. The van der Waals surface area contributed by atoms with Gasteiger partial charge in [0.15, 0.2) is 0 Å². The van der Waals surface area contributed by atoms with Crippen LogP contribution in [0.2, 0.25) is 0 Å². The summed E-state index contributed by atoms with van der Waals surface area (Å²) in [4.78, 5) is 26.6. The molecular weight excluding hydrogens is 357 g/mol. The van der Waals surface area contributed by atoms with Crippen LogP contribution in [0.5, 0.6) is 0 Å². The van der Waals surface area contributed by atoms with E-state index in [2.05, 4.69) is 10.1 Å². The van der Waals surface area contributed by atoms with Crippen LogP contribution in [0.25, 0.3) is 0 Å². The quantitative estimate of drug-likeness (QED) is 0.860. The summed E-state index contributed by atoms with van der Waals surface area (Å²) in [5.74, 6) is -0.377. The van der Waals surface area contributed by atoms with Gasteiger partial charge in [0.1, 0.15) is 11.9 Å². The largest absolute Gasteiger partial charge is 0.453 e. The van der Waals surface area contributed by atoms with Gasteiger partial charge in [0.05, 0.1) is 43.8 Å². The van der Waals surface area contributed by atoms with Gasteiger partial charge < -0.3 is 24.4 Å². The number of nitrogens with one attached hydrogen (secondary N) is 1. The van der Waals surface area contributed by atoms with Gasteiger partial charge >= 0.3 is 12.2 Å². The number of halogens is 1. The first-order chi connectivity index (χ1) is 13.0. The van der Waals surface area contributed by atoms with Crippen LogP contribution in [0.15, 0.2) is 18.2 Å². The van der Waals surface area contributed by atoms with Crippen molar-refractivity contribution in [3.8, 4) is 0 Å². The summed E-state index contributed by atoms with van der Waals surface area (Å²) in [5.41, 5.74) is 0.952. The molecule has 9 heteroatoms. The number of methoxy groups -OCH3 is 1. The van der Waals surface area contributed by atoms with E-state index in [-0.39, 0.29) is 31.1 Å². The molecule has 2 bridgehead atoms. The van der Waals surface area contributed by atoms with E-state index in [1.54, 1.807) is 12.1 Å². The third kappa shape index (κ3) is 3.64. The minimum Gasteiger partial charge on any atom is -0.453 e. The summed E-state index contributed by atoms with van der Waals surface area (Å²) >= 11 is 0. The number of carbonyl (C=O) groups is 2. The second-order valence-corrected chi connectivity index (χ2v) is 6.99. The minimum absolute atomic E-state index is 0.131. The number of rotatable bonds is 4. The molecule has 3 aliphatic rings. The number of alkyl carbamates (subject to hydrolysis) is 1. The van der Waals surface area contributed by atoms with Crippen molar-refractivity contribution in [2.24, 2.45) is 0 Å². The van der Waals surface area contributed by atoms with Crippen LogP contribution < -0.4 is 15.1 Å². The van der Waals surface area contributed by atoms with Crippen molar-refractivity contribution in [3.63, 3.8) is 0 Å². The molecule has 4 rings (SSSR count). The first-order valence-electron chi connectivity index (χ1n) is 9.03. The zero-order chi connectivity index (χ0) is 19.0. The van der Waals surface area contributed by atoms with E-state index in [9.17, 15) is 14.0 Å². The molecule has 3 atom stereocenters. The average Bonchev–Trinajstić information content (AvgIpc) is 3.20. The number of benzene rings is 1. The SMILES string of the molecule is COC(=O)NC[C@H]1CN(c2ccc(N3CC4CCC(C3)O4)c(F)c2)C(=O)O1. The molecule has 3 saturated heterocycles. The third-order valence-electron chi connectivity index (χ3n) is 5.16. The van der Waals surface area contributed by atoms with Crippen LogP contribution in [0.1, 0.15) is 12.8 Å². The van der Waals surface area contributed by atoms with Crippen LogP contribution in [-0.4, -0.2) is 63.8 Å². The van der Waals surface area contributed by atoms with Crippen LogP contribution >= 0.6 is 0 Å². The fraction of sp³-hybridized carbons (Fsp3) is 0.556. The van der Waals surface area contributed by atoms with Gasteiger partial charge in [0.25, 0.3) is 0 Å². The monoisotopic (exact) mass is 379 g/mol. The molecule has 3 fully saturated rings. The van der Waals surface area contributed by atoms with E-state index in [1.165, 1.54) is 18.1 Å². The Morgan fingerprint density at radius 1 is 1.30 bits per heavy atom. The predicted octanol–water partition coefficient (Wildman–Crippen LogP) is 1.87. The lowest BCUT2D eigenvalue weighted by Gasteiger charge is -2.34. The Morgan fingerprint density at radius 3 is 2.70 bits per heavy atom. The van der Waals surface area contributed by atoms with Gasteiger partial charge in [0, 0.05) is 13.1 Å². The second-order valence-electron chi connectivity index (χ2n) is 6.99. The molecule has 0 saturated carbocycles. The number of ether oxygens (including phenoxy) is 3. The number of hydrogen-bond donors (Lipinski definition) is 1. The van der Waals surface area contributed by atoms with Crippen molar-refractivity contribution < 1.29 is 28.2 Å². The lowest BCUT2D eigenvalue weighted by molar-refractivity contribution is 0.0303. The standard InChI is InChI=1S/C18H22FN3O5/c1-25-17(23)20-7-14-10-22(18(24)27-14)11-2-5-16(15(19)6-11)21-8-12-3-4-13(9-21)26-12/h2,5-6,12-14H,3-4,7-10H2,1H3,(H,20,23)/t12?,13?,14-/m0/s1. The maximum Gasteiger partial charge on any atom is 0.414 e. The smallest absolute Gasteiger partial charge is 0.414 e. The Morgan fingerprint density at radius 2 is 2.04 bits per heavy atom. The van der Waals surface area contributed by atoms with Crippen molar-refractivity contribution >= 4 is 23.6 Å². The lowest BCUT2D eigenvalue weighted by Crippen LogP contribution is -2.43. The Labute approximate surface area is 156 Å². The van der Waals surface area contributed by atoms with Crippen molar-refractivity contribution in [2.45, 2.75) is 31.2 Å². The van der Waals surface area contributed by atoms with E-state index in [4.69, 9.17) is 9.47 Å². The van der Waals surface area contributed by atoms with Crippen LogP contribution in [0, 0.1) is 5.82 Å². The molecule has 1 aromatic rings. The summed E-state index contributed by atoms with van der Waals surface area (Å²) in [6, 6.07) is 4.76. The molecule has 0 radical (unpaired) electrons. The molecule has 8 nitrogen and oxygen atoms in total. The summed E-state index contributed by atoms with van der Waals surface area (Å²) < 4.78 is 30.2. The predicted molar refractivity (Wildman–Crippen MR) is 94.5 cm³/mol. The van der Waals surface area contributed by atoms with E-state index >= 15 is 0 Å². The Hall–Kier alpha value is -2.55. The molecule has 27 heavy (non-hydrogen) atoms. The normalized spacial score (nSPS) is 26.9. The van der Waals surface area contributed by atoms with Crippen molar-refractivity contribution in [1.29, 1.82) is 0 Å². The topological polar surface area (TPSA) is 80.3 Å². The third-order valence-corrected chi connectivity index (χ3v) is 5.16. The molecule has 0 spiro atoms. The van der Waals surface area contributed by atoms with Crippen molar-refractivity contribution in [3.05, 3.63) is 24.0 Å². The summed E-state index contributed by atoms with van der Waals surface area (Å²) in [7, 11) is 1.26. The molecule has 2 amide bonds. The Kier molecular flexibility index (Phi) is 4.77.